The SMILES string of the molecule is C[C@H](NC(=O)[C@H](Cc1ccccc1Br)NC(=O)Cc1ccc(OCCCSCCN)cc1)c1ccccc1. The van der Waals surface area contributed by atoms with Gasteiger partial charge in [0.05, 0.1) is 19.1 Å². The highest BCUT2D eigenvalue weighted by Crippen LogP contribution is 2.19. The summed E-state index contributed by atoms with van der Waals surface area (Å²) < 4.78 is 6.69. The van der Waals surface area contributed by atoms with Gasteiger partial charge < -0.3 is 21.1 Å². The quantitative estimate of drug-likeness (QED) is 0.213. The first kappa shape index (κ1) is 29.7. The van der Waals surface area contributed by atoms with Crippen molar-refractivity contribution in [2.24, 2.45) is 5.73 Å². The van der Waals surface area contributed by atoms with Gasteiger partial charge in [0, 0.05) is 23.2 Å². The molecular weight excluding hydrogens is 562 g/mol. The van der Waals surface area contributed by atoms with Crippen molar-refractivity contribution >= 4 is 39.5 Å². The zero-order valence-electron chi connectivity index (χ0n) is 21.7. The number of thioether (sulfide) groups is 1. The van der Waals surface area contributed by atoms with Crippen molar-refractivity contribution in [2.75, 3.05) is 24.7 Å². The molecule has 0 saturated carbocycles. The van der Waals surface area contributed by atoms with E-state index < -0.39 is 6.04 Å². The number of carbonyl (C=O) groups excluding carboxylic acids is 2. The van der Waals surface area contributed by atoms with Crippen LogP contribution in [0.1, 0.15) is 36.1 Å². The summed E-state index contributed by atoms with van der Waals surface area (Å²) in [6.45, 7) is 3.28. The number of nitrogens with two attached hydrogens (primary N) is 1. The molecule has 0 aromatic heterocycles. The first-order chi connectivity index (χ1) is 18.5. The molecule has 6 nitrogen and oxygen atoms in total. The van der Waals surface area contributed by atoms with Gasteiger partial charge in [-0.15, -0.1) is 0 Å². The predicted octanol–water partition coefficient (Wildman–Crippen LogP) is 5.06. The summed E-state index contributed by atoms with van der Waals surface area (Å²) in [6, 6.07) is 24.1. The van der Waals surface area contributed by atoms with E-state index in [4.69, 9.17) is 10.5 Å². The van der Waals surface area contributed by atoms with Gasteiger partial charge in [-0.1, -0.05) is 76.6 Å². The van der Waals surface area contributed by atoms with E-state index in [0.29, 0.717) is 19.6 Å². The molecule has 8 heteroatoms. The van der Waals surface area contributed by atoms with Gasteiger partial charge in [0.15, 0.2) is 0 Å². The highest BCUT2D eigenvalue weighted by molar-refractivity contribution is 9.10. The Morgan fingerprint density at radius 1 is 0.947 bits per heavy atom. The maximum absolute atomic E-state index is 13.3. The van der Waals surface area contributed by atoms with Crippen molar-refractivity contribution < 1.29 is 14.3 Å². The van der Waals surface area contributed by atoms with Crippen LogP contribution in [0, 0.1) is 0 Å². The molecule has 0 saturated heterocycles. The maximum Gasteiger partial charge on any atom is 0.243 e. The van der Waals surface area contributed by atoms with Crippen molar-refractivity contribution in [3.05, 3.63) is 100 Å². The molecule has 0 heterocycles. The molecule has 0 bridgehead atoms. The lowest BCUT2D eigenvalue weighted by atomic mass is 10.0. The van der Waals surface area contributed by atoms with Crippen LogP contribution in [-0.4, -0.2) is 42.5 Å². The van der Waals surface area contributed by atoms with Crippen LogP contribution in [0.2, 0.25) is 0 Å². The lowest BCUT2D eigenvalue weighted by molar-refractivity contribution is -0.129. The van der Waals surface area contributed by atoms with Crippen LogP contribution in [0.25, 0.3) is 0 Å². The standard InChI is InChI=1S/C30H36BrN3O3S/c1-22(24-8-3-2-4-9-24)33-30(36)28(21-25-10-5-6-11-27(25)31)34-29(35)20-23-12-14-26(15-13-23)37-17-7-18-38-19-16-32/h2-6,8-15,22,28H,7,16-21,32H2,1H3,(H,33,36)(H,34,35)/t22-,28-/m0/s1. The molecule has 0 aliphatic heterocycles. The van der Waals surface area contributed by atoms with Crippen molar-refractivity contribution in [3.63, 3.8) is 0 Å². The molecule has 4 N–H and O–H groups in total. The number of nitrogens with one attached hydrogen (secondary N) is 2. The Hall–Kier alpha value is -2.81. The molecule has 38 heavy (non-hydrogen) atoms. The van der Waals surface area contributed by atoms with Gasteiger partial charge in [0.25, 0.3) is 0 Å². The number of halogens is 1. The Balaban J connectivity index is 1.58. The third-order valence-electron chi connectivity index (χ3n) is 5.94. The molecule has 2 atom stereocenters. The number of hydrogen-bond donors (Lipinski definition) is 3. The van der Waals surface area contributed by atoms with Crippen LogP contribution in [-0.2, 0) is 22.4 Å². The van der Waals surface area contributed by atoms with Crippen molar-refractivity contribution in [1.29, 1.82) is 0 Å². The fraction of sp³-hybridized carbons (Fsp3) is 0.333. The number of ether oxygens (including phenoxy) is 1. The second kappa shape index (κ2) is 16.2. The minimum absolute atomic E-state index is 0.171. The fourth-order valence-corrected chi connectivity index (χ4v) is 5.04. The van der Waals surface area contributed by atoms with Crippen molar-refractivity contribution in [2.45, 2.75) is 38.3 Å². The van der Waals surface area contributed by atoms with E-state index >= 15 is 0 Å². The van der Waals surface area contributed by atoms with Gasteiger partial charge in [-0.25, -0.2) is 0 Å². The molecule has 202 valence electrons. The Kier molecular flexibility index (Phi) is 12.7. The zero-order valence-corrected chi connectivity index (χ0v) is 24.1. The maximum atomic E-state index is 13.3. The number of hydrogen-bond acceptors (Lipinski definition) is 5. The van der Waals surface area contributed by atoms with E-state index in [0.717, 1.165) is 44.8 Å². The van der Waals surface area contributed by atoms with Crippen LogP contribution in [0.4, 0.5) is 0 Å². The summed E-state index contributed by atoms with van der Waals surface area (Å²) in [5.74, 6) is 2.33. The second-order valence-electron chi connectivity index (χ2n) is 8.98. The third-order valence-corrected chi connectivity index (χ3v) is 7.82. The monoisotopic (exact) mass is 597 g/mol. The molecule has 3 rings (SSSR count). The van der Waals surface area contributed by atoms with E-state index in [-0.39, 0.29) is 24.3 Å². The first-order valence-corrected chi connectivity index (χ1v) is 14.8. The van der Waals surface area contributed by atoms with Gasteiger partial charge in [0.2, 0.25) is 11.8 Å². The summed E-state index contributed by atoms with van der Waals surface area (Å²) >= 11 is 5.39. The molecule has 0 aliphatic carbocycles. The lowest BCUT2D eigenvalue weighted by Gasteiger charge is -2.22. The molecular formula is C30H36BrN3O3S. The lowest BCUT2D eigenvalue weighted by Crippen LogP contribution is -2.49. The molecule has 2 amide bonds. The Morgan fingerprint density at radius 2 is 1.66 bits per heavy atom. The Bertz CT molecular complexity index is 1140. The van der Waals surface area contributed by atoms with Gasteiger partial charge in [0.1, 0.15) is 11.8 Å². The van der Waals surface area contributed by atoms with Gasteiger partial charge in [-0.2, -0.15) is 11.8 Å². The smallest absolute Gasteiger partial charge is 0.243 e. The van der Waals surface area contributed by atoms with Crippen LogP contribution in [0.5, 0.6) is 5.75 Å². The van der Waals surface area contributed by atoms with E-state index in [1.54, 1.807) is 0 Å². The molecule has 0 radical (unpaired) electrons. The number of carbonyl (C=O) groups is 2. The molecule has 0 fully saturated rings. The second-order valence-corrected chi connectivity index (χ2v) is 11.1. The summed E-state index contributed by atoms with van der Waals surface area (Å²) in [5.41, 5.74) is 8.31. The molecule has 0 aliphatic rings. The fourth-order valence-electron chi connectivity index (χ4n) is 3.90. The van der Waals surface area contributed by atoms with E-state index in [9.17, 15) is 9.59 Å². The topological polar surface area (TPSA) is 93.5 Å². The number of rotatable bonds is 15. The van der Waals surface area contributed by atoms with Gasteiger partial charge in [-0.3, -0.25) is 9.59 Å². The highest BCUT2D eigenvalue weighted by Gasteiger charge is 2.24. The number of benzene rings is 3. The molecule has 3 aromatic rings. The third kappa shape index (κ3) is 10.2. The largest absolute Gasteiger partial charge is 0.494 e. The first-order valence-electron chi connectivity index (χ1n) is 12.8. The Morgan fingerprint density at radius 3 is 2.37 bits per heavy atom. The summed E-state index contributed by atoms with van der Waals surface area (Å²) in [7, 11) is 0. The average molecular weight is 599 g/mol. The molecule has 0 unspecified atom stereocenters. The van der Waals surface area contributed by atoms with Crippen LogP contribution < -0.4 is 21.1 Å². The molecule has 0 spiro atoms. The van der Waals surface area contributed by atoms with E-state index in [2.05, 4.69) is 26.6 Å². The van der Waals surface area contributed by atoms with Gasteiger partial charge in [-0.05, 0) is 54.0 Å². The van der Waals surface area contributed by atoms with E-state index in [1.807, 2.05) is 97.5 Å². The van der Waals surface area contributed by atoms with Crippen LogP contribution in [0.3, 0.4) is 0 Å². The summed E-state index contributed by atoms with van der Waals surface area (Å²) in [4.78, 5) is 26.3. The summed E-state index contributed by atoms with van der Waals surface area (Å²) in [6.07, 6.45) is 1.50. The Labute approximate surface area is 238 Å². The average Bonchev–Trinajstić information content (AvgIpc) is 2.92. The van der Waals surface area contributed by atoms with Crippen LogP contribution in [0.15, 0.2) is 83.3 Å². The normalized spacial score (nSPS) is 12.4. The number of amides is 2. The highest BCUT2D eigenvalue weighted by atomic mass is 79.9. The molecule has 3 aromatic carbocycles. The van der Waals surface area contributed by atoms with E-state index in [1.165, 1.54) is 0 Å². The predicted molar refractivity (Wildman–Crippen MR) is 159 cm³/mol. The zero-order chi connectivity index (χ0) is 27.2. The van der Waals surface area contributed by atoms with Crippen LogP contribution >= 0.6 is 27.7 Å². The minimum atomic E-state index is -0.716. The van der Waals surface area contributed by atoms with Crippen molar-refractivity contribution in [3.8, 4) is 5.75 Å². The minimum Gasteiger partial charge on any atom is -0.494 e. The van der Waals surface area contributed by atoms with Gasteiger partial charge >= 0.3 is 0 Å². The summed E-state index contributed by atoms with van der Waals surface area (Å²) in [5, 5.41) is 6.01. The van der Waals surface area contributed by atoms with Crippen molar-refractivity contribution in [1.82, 2.24) is 10.6 Å².